The molecule has 4 N–H and O–H groups in total. The lowest BCUT2D eigenvalue weighted by Crippen LogP contribution is -2.48. The van der Waals surface area contributed by atoms with E-state index in [2.05, 4.69) is 10.0 Å². The van der Waals surface area contributed by atoms with Crippen molar-refractivity contribution in [2.75, 3.05) is 13.1 Å². The first kappa shape index (κ1) is 13.9. The van der Waals surface area contributed by atoms with Crippen molar-refractivity contribution in [2.45, 2.75) is 12.1 Å². The molecule has 0 aromatic rings. The van der Waals surface area contributed by atoms with Crippen molar-refractivity contribution in [1.82, 2.24) is 4.90 Å². The number of nitrogens with zero attached hydrogens (tertiary/aromatic N) is 4. The maximum absolute atomic E-state index is 8.21. The Morgan fingerprint density at radius 1 is 1.19 bits per heavy atom. The van der Waals surface area contributed by atoms with E-state index in [1.165, 1.54) is 0 Å². The molecule has 0 rings (SSSR count). The van der Waals surface area contributed by atoms with Crippen LogP contribution in [-0.4, -0.2) is 54.9 Å². The molecule has 0 aromatic heterocycles. The van der Waals surface area contributed by atoms with Gasteiger partial charge in [0.05, 0.1) is 12.1 Å². The summed E-state index contributed by atoms with van der Waals surface area (Å²) >= 11 is 0. The van der Waals surface area contributed by atoms with Crippen LogP contribution in [0.2, 0.25) is 0 Å². The van der Waals surface area contributed by atoms with Crippen molar-refractivity contribution in [3.05, 3.63) is 10.4 Å². The molecule has 0 spiro atoms. The van der Waals surface area contributed by atoms with Gasteiger partial charge in [-0.1, -0.05) is 5.11 Å². The second-order valence-corrected chi connectivity index (χ2v) is 2.87. The molecule has 0 bridgehead atoms. The zero-order chi connectivity index (χ0) is 12.4. The summed E-state index contributed by atoms with van der Waals surface area (Å²) in [6, 6.07) is -1.10. The summed E-state index contributed by atoms with van der Waals surface area (Å²) in [4.78, 5) is 4.15. The van der Waals surface area contributed by atoms with Crippen LogP contribution < -0.4 is 0 Å². The van der Waals surface area contributed by atoms with Crippen molar-refractivity contribution in [2.24, 2.45) is 5.11 Å². The molecule has 0 heterocycles. The maximum Gasteiger partial charge on any atom is 0.0803 e. The third-order valence-corrected chi connectivity index (χ3v) is 1.98. The summed E-state index contributed by atoms with van der Waals surface area (Å²) < 4.78 is 0. The van der Waals surface area contributed by atoms with Gasteiger partial charge in [-0.25, -0.2) is 0 Å². The molecule has 0 aromatic carbocycles. The molecule has 1 unspecified atom stereocenters. The minimum absolute atomic E-state index is 0.0476. The Kier molecular flexibility index (Phi) is 7.21. The fourth-order valence-electron chi connectivity index (χ4n) is 1.20. The van der Waals surface area contributed by atoms with Gasteiger partial charge in [0.1, 0.15) is 0 Å². The Morgan fingerprint density at radius 3 is 2.19 bits per heavy atom. The summed E-state index contributed by atoms with van der Waals surface area (Å²) in [6.07, 6.45) is 4.29. The number of hydrogen-bond donors (Lipinski definition) is 4. The highest BCUT2D eigenvalue weighted by atomic mass is 15.2. The Bertz CT molecular complexity index is 297. The van der Waals surface area contributed by atoms with Crippen LogP contribution in [0.4, 0.5) is 0 Å². The lowest BCUT2D eigenvalue weighted by Gasteiger charge is -2.29. The van der Waals surface area contributed by atoms with Gasteiger partial charge in [-0.2, -0.15) is 0 Å². The fourth-order valence-corrected chi connectivity index (χ4v) is 1.20. The van der Waals surface area contributed by atoms with Gasteiger partial charge < -0.3 is 21.6 Å². The van der Waals surface area contributed by atoms with Crippen LogP contribution in [0.1, 0.15) is 0 Å². The van der Waals surface area contributed by atoms with E-state index in [4.69, 9.17) is 27.2 Å². The molecule has 8 heteroatoms. The van der Waals surface area contributed by atoms with Gasteiger partial charge >= 0.3 is 0 Å². The SMILES string of the molecule is [N-]=[N+]=NCC(C=N)N(CC=N)C(C=N)C=N. The first-order chi connectivity index (χ1) is 7.74. The van der Waals surface area contributed by atoms with Crippen molar-refractivity contribution in [1.29, 1.82) is 21.6 Å². The smallest absolute Gasteiger partial charge is 0.0803 e. The summed E-state index contributed by atoms with van der Waals surface area (Å²) in [7, 11) is 0. The van der Waals surface area contributed by atoms with Crippen LogP contribution in [0, 0.1) is 21.6 Å². The van der Waals surface area contributed by atoms with E-state index in [0.717, 1.165) is 24.9 Å². The van der Waals surface area contributed by atoms with Gasteiger partial charge in [0.25, 0.3) is 0 Å². The quantitative estimate of drug-likeness (QED) is 0.195. The average molecular weight is 222 g/mol. The normalized spacial score (nSPS) is 13.3. The van der Waals surface area contributed by atoms with Crippen molar-refractivity contribution >= 4 is 24.9 Å². The van der Waals surface area contributed by atoms with Gasteiger partial charge in [0.15, 0.2) is 0 Å². The summed E-state index contributed by atoms with van der Waals surface area (Å²) in [6.45, 7) is 0.239. The molecule has 16 heavy (non-hydrogen) atoms. The number of azide groups is 1. The summed E-state index contributed by atoms with van der Waals surface area (Å²) in [5.74, 6) is 0. The van der Waals surface area contributed by atoms with Gasteiger partial charge in [-0.15, -0.1) is 0 Å². The molecule has 0 aliphatic carbocycles. The second-order valence-electron chi connectivity index (χ2n) is 2.87. The highest BCUT2D eigenvalue weighted by Crippen LogP contribution is 2.02. The van der Waals surface area contributed by atoms with Crippen LogP contribution in [0.3, 0.4) is 0 Å². The third kappa shape index (κ3) is 3.99. The van der Waals surface area contributed by atoms with Crippen molar-refractivity contribution in [3.8, 4) is 0 Å². The average Bonchev–Trinajstić information content (AvgIpc) is 2.31. The molecule has 86 valence electrons. The molecule has 0 amide bonds. The van der Waals surface area contributed by atoms with E-state index in [1.807, 2.05) is 0 Å². The van der Waals surface area contributed by atoms with E-state index < -0.39 is 12.1 Å². The van der Waals surface area contributed by atoms with Crippen molar-refractivity contribution < 1.29 is 0 Å². The zero-order valence-corrected chi connectivity index (χ0v) is 8.67. The molecule has 1 atom stereocenters. The standard InChI is InChI=1S/C8H14N8/c9-1-2-16(7(3-10)4-11)8(5-12)6-14-15-13/h1,3-5,7-12H,2,6H2. The summed E-state index contributed by atoms with van der Waals surface area (Å²) in [5.41, 5.74) is 8.21. The van der Waals surface area contributed by atoms with Crippen LogP contribution in [0.5, 0.6) is 0 Å². The molecular weight excluding hydrogens is 208 g/mol. The lowest BCUT2D eigenvalue weighted by atomic mass is 10.2. The molecule has 0 saturated heterocycles. The van der Waals surface area contributed by atoms with Gasteiger partial charge in [0, 0.05) is 42.9 Å². The monoisotopic (exact) mass is 222 g/mol. The second kappa shape index (κ2) is 8.27. The highest BCUT2D eigenvalue weighted by molar-refractivity contribution is 5.86. The van der Waals surface area contributed by atoms with Gasteiger partial charge in [0.2, 0.25) is 0 Å². The number of rotatable bonds is 9. The largest absolute Gasteiger partial charge is 0.312 e. The molecule has 0 fully saturated rings. The predicted molar refractivity (Wildman–Crippen MR) is 63.4 cm³/mol. The minimum Gasteiger partial charge on any atom is -0.312 e. The Morgan fingerprint density at radius 2 is 1.81 bits per heavy atom. The molecule has 0 radical (unpaired) electrons. The van der Waals surface area contributed by atoms with E-state index in [9.17, 15) is 0 Å². The van der Waals surface area contributed by atoms with E-state index in [0.29, 0.717) is 0 Å². The topological polar surface area (TPSA) is 147 Å². The Hall–Kier alpha value is -2.05. The van der Waals surface area contributed by atoms with Crippen LogP contribution >= 0.6 is 0 Å². The van der Waals surface area contributed by atoms with Crippen LogP contribution in [-0.2, 0) is 0 Å². The lowest BCUT2D eigenvalue weighted by molar-refractivity contribution is 0.296. The van der Waals surface area contributed by atoms with E-state index in [1.54, 1.807) is 4.90 Å². The van der Waals surface area contributed by atoms with Crippen LogP contribution in [0.25, 0.3) is 10.4 Å². The van der Waals surface area contributed by atoms with Crippen LogP contribution in [0.15, 0.2) is 5.11 Å². The number of nitrogens with one attached hydrogen (secondary N) is 4. The number of hydrogen-bond acceptors (Lipinski definition) is 6. The third-order valence-electron chi connectivity index (χ3n) is 1.98. The first-order valence-corrected chi connectivity index (χ1v) is 4.52. The minimum atomic E-state index is -0.595. The zero-order valence-electron chi connectivity index (χ0n) is 8.67. The summed E-state index contributed by atoms with van der Waals surface area (Å²) in [5, 5.41) is 31.9. The van der Waals surface area contributed by atoms with E-state index >= 15 is 0 Å². The first-order valence-electron chi connectivity index (χ1n) is 4.52. The predicted octanol–water partition coefficient (Wildman–Crippen LogP) is 0.934. The van der Waals surface area contributed by atoms with Gasteiger partial charge in [-0.3, -0.25) is 4.90 Å². The fraction of sp³-hybridized carbons (Fsp3) is 0.500. The molecule has 0 saturated carbocycles. The molecule has 8 nitrogen and oxygen atoms in total. The Balaban J connectivity index is 4.87. The maximum atomic E-state index is 8.21. The highest BCUT2D eigenvalue weighted by Gasteiger charge is 2.20. The molecular formula is C8H14N8. The van der Waals surface area contributed by atoms with Crippen molar-refractivity contribution in [3.63, 3.8) is 0 Å². The van der Waals surface area contributed by atoms with E-state index in [-0.39, 0.29) is 13.1 Å². The van der Waals surface area contributed by atoms with Gasteiger partial charge in [-0.05, 0) is 5.53 Å². The Labute approximate surface area is 92.9 Å². The molecule has 0 aliphatic rings. The molecule has 0 aliphatic heterocycles.